The van der Waals surface area contributed by atoms with E-state index in [1.807, 2.05) is 76.3 Å². The Morgan fingerprint density at radius 2 is 1.67 bits per heavy atom. The largest absolute Gasteiger partial charge is 0.392 e. The molecule has 0 saturated heterocycles. The van der Waals surface area contributed by atoms with Crippen LogP contribution in [0.3, 0.4) is 0 Å². The van der Waals surface area contributed by atoms with Gasteiger partial charge in [-0.25, -0.2) is 0 Å². The maximum Gasteiger partial charge on any atom is 0.272 e. The summed E-state index contributed by atoms with van der Waals surface area (Å²) in [6.07, 6.45) is 17.5. The average molecular weight is 685 g/mol. The first-order chi connectivity index (χ1) is 23.6. The van der Waals surface area contributed by atoms with Gasteiger partial charge in [0.05, 0.1) is 19.3 Å². The lowest BCUT2D eigenvalue weighted by Gasteiger charge is -2.22. The number of amides is 2. The van der Waals surface area contributed by atoms with E-state index < -0.39 is 0 Å². The fraction of sp³-hybridized carbons (Fsp3) is 0.600. The summed E-state index contributed by atoms with van der Waals surface area (Å²) < 4.78 is 6.66. The number of hydrogen-bond donors (Lipinski definition) is 3. The van der Waals surface area contributed by atoms with E-state index in [1.165, 1.54) is 23.6 Å². The summed E-state index contributed by atoms with van der Waals surface area (Å²) in [6, 6.07) is 11.2. The Hall–Kier alpha value is -3.56. The van der Waals surface area contributed by atoms with Gasteiger partial charge in [0.15, 0.2) is 12.0 Å². The Kier molecular flexibility index (Phi) is 32.0. The van der Waals surface area contributed by atoms with Gasteiger partial charge in [0, 0.05) is 12.1 Å². The molecule has 2 amide bonds. The van der Waals surface area contributed by atoms with Crippen LogP contribution in [-0.4, -0.2) is 57.8 Å². The van der Waals surface area contributed by atoms with Crippen molar-refractivity contribution in [3.05, 3.63) is 78.2 Å². The molecule has 2 unspecified atom stereocenters. The third kappa shape index (κ3) is 26.0. The number of nitrogens with one attached hydrogen (secondary N) is 2. The highest BCUT2D eigenvalue weighted by Gasteiger charge is 2.19. The summed E-state index contributed by atoms with van der Waals surface area (Å²) in [4.78, 5) is 35.6. The van der Waals surface area contributed by atoms with Crippen LogP contribution < -0.4 is 10.6 Å². The maximum absolute atomic E-state index is 12.2. The van der Waals surface area contributed by atoms with Gasteiger partial charge >= 0.3 is 0 Å². The number of carbonyl (C=O) groups is 3. The highest BCUT2D eigenvalue weighted by Crippen LogP contribution is 2.17. The van der Waals surface area contributed by atoms with Crippen LogP contribution in [0, 0.1) is 0 Å². The number of aliphatic hydroxyl groups excluding tert-OH is 1. The average Bonchev–Trinajstić information content (AvgIpc) is 3.53. The molecule has 1 aliphatic rings. The Balaban J connectivity index is 0. The molecule has 1 aromatic carbocycles. The molecule has 0 radical (unpaired) electrons. The second-order valence-corrected chi connectivity index (χ2v) is 12.0. The fourth-order valence-corrected chi connectivity index (χ4v) is 4.28. The number of benzene rings is 1. The summed E-state index contributed by atoms with van der Waals surface area (Å²) in [5, 5.41) is 18.5. The van der Waals surface area contributed by atoms with E-state index in [4.69, 9.17) is 9.84 Å². The Labute approximate surface area is 298 Å². The van der Waals surface area contributed by atoms with E-state index in [2.05, 4.69) is 50.0 Å². The third-order valence-corrected chi connectivity index (χ3v) is 7.19. The van der Waals surface area contributed by atoms with E-state index in [1.54, 1.807) is 0 Å². The van der Waals surface area contributed by atoms with Crippen LogP contribution in [0.15, 0.2) is 61.2 Å². The van der Waals surface area contributed by atoms with Crippen LogP contribution in [0.5, 0.6) is 0 Å². The molecule has 3 N–H and O–H groups in total. The van der Waals surface area contributed by atoms with Crippen molar-refractivity contribution in [1.29, 1.82) is 0 Å². The van der Waals surface area contributed by atoms with Crippen LogP contribution in [-0.2, 0) is 22.7 Å². The Morgan fingerprint density at radius 3 is 2.14 bits per heavy atom. The second-order valence-electron chi connectivity index (χ2n) is 12.0. The molecule has 0 aliphatic heterocycles. The minimum absolute atomic E-state index is 0.0388. The molecule has 1 aliphatic carbocycles. The second kappa shape index (κ2) is 33.0. The van der Waals surface area contributed by atoms with Crippen LogP contribution in [0.2, 0.25) is 0 Å². The van der Waals surface area contributed by atoms with Gasteiger partial charge < -0.3 is 20.5 Å². The van der Waals surface area contributed by atoms with E-state index >= 15 is 0 Å². The SMILES string of the molecule is C/C=C\C.C=CCCOC(C)CC.CCC.CCCC(C)NC(=O)c1cc(C=O)n(CC(=O)NC2CCCCC2)n1.OCc1ccccc1. The van der Waals surface area contributed by atoms with Gasteiger partial charge in [-0.15, -0.1) is 6.58 Å². The minimum atomic E-state index is -0.324. The zero-order valence-electron chi connectivity index (χ0n) is 31.9. The van der Waals surface area contributed by atoms with Crippen molar-refractivity contribution in [2.24, 2.45) is 0 Å². The van der Waals surface area contributed by atoms with Gasteiger partial charge in [-0.3, -0.25) is 19.1 Å². The molecule has 9 heteroatoms. The van der Waals surface area contributed by atoms with Crippen molar-refractivity contribution in [3.63, 3.8) is 0 Å². The normalized spacial score (nSPS) is 13.3. The number of carbonyl (C=O) groups excluding carboxylic acids is 3. The van der Waals surface area contributed by atoms with Crippen molar-refractivity contribution in [1.82, 2.24) is 20.4 Å². The number of aliphatic hydroxyl groups is 1. The predicted molar refractivity (Wildman–Crippen MR) is 204 cm³/mol. The summed E-state index contributed by atoms with van der Waals surface area (Å²) in [6.45, 7) is 20.9. The number of aromatic nitrogens is 2. The fourth-order valence-electron chi connectivity index (χ4n) is 4.28. The topological polar surface area (TPSA) is 123 Å². The standard InChI is InChI=1S/C18H28N4O3.C8H16O.C7H8O.C4H8.C3H8/c1-3-7-13(2)19-18(25)16-10-15(12-23)22(21-16)11-17(24)20-14-8-5-4-6-9-14;1-4-6-7-9-8(3)5-2;8-6-7-4-2-1-3-5-7;1-3-4-2;1-3-2/h10,12-14H,3-9,11H2,1-2H3,(H,19,25)(H,20,24);4,8H,1,5-7H2,2-3H3;1-5,8H,6H2;3-4H,1-2H3;3H2,1-2H3/b;;;4-3-;. The number of allylic oxidation sites excluding steroid dienone is 2. The van der Waals surface area contributed by atoms with Crippen LogP contribution >= 0.6 is 0 Å². The van der Waals surface area contributed by atoms with Crippen molar-refractivity contribution >= 4 is 18.1 Å². The van der Waals surface area contributed by atoms with E-state index in [9.17, 15) is 14.4 Å². The smallest absolute Gasteiger partial charge is 0.272 e. The lowest BCUT2D eigenvalue weighted by molar-refractivity contribution is -0.122. The monoisotopic (exact) mass is 685 g/mol. The zero-order valence-corrected chi connectivity index (χ0v) is 31.9. The molecule has 0 spiro atoms. The predicted octanol–water partition coefficient (Wildman–Crippen LogP) is 8.62. The van der Waals surface area contributed by atoms with Crippen molar-refractivity contribution < 1.29 is 24.2 Å². The minimum Gasteiger partial charge on any atom is -0.392 e. The van der Waals surface area contributed by atoms with Crippen LogP contribution in [0.1, 0.15) is 146 Å². The van der Waals surface area contributed by atoms with Crippen molar-refractivity contribution in [3.8, 4) is 0 Å². The molecule has 1 saturated carbocycles. The lowest BCUT2D eigenvalue weighted by Crippen LogP contribution is -2.38. The van der Waals surface area contributed by atoms with Crippen molar-refractivity contribution in [2.75, 3.05) is 6.61 Å². The molecule has 1 aromatic heterocycles. The van der Waals surface area contributed by atoms with Gasteiger partial charge in [0.1, 0.15) is 12.2 Å². The highest BCUT2D eigenvalue weighted by atomic mass is 16.5. The molecular weight excluding hydrogens is 616 g/mol. The number of nitrogens with zero attached hydrogens (tertiary/aromatic N) is 2. The number of rotatable bonds is 14. The molecule has 9 nitrogen and oxygen atoms in total. The Bertz CT molecular complexity index is 1120. The zero-order chi connectivity index (χ0) is 37.3. The van der Waals surface area contributed by atoms with E-state index in [0.717, 1.165) is 63.5 Å². The molecular formula is C40H68N4O5. The Morgan fingerprint density at radius 1 is 1.06 bits per heavy atom. The summed E-state index contributed by atoms with van der Waals surface area (Å²) in [5.41, 5.74) is 1.36. The molecule has 3 rings (SSSR count). The first-order valence-corrected chi connectivity index (χ1v) is 18.2. The van der Waals surface area contributed by atoms with Gasteiger partial charge in [-0.05, 0) is 71.4 Å². The van der Waals surface area contributed by atoms with Crippen LogP contribution in [0.4, 0.5) is 0 Å². The van der Waals surface area contributed by atoms with Crippen LogP contribution in [0.25, 0.3) is 0 Å². The first kappa shape index (κ1) is 47.6. The molecule has 2 atom stereocenters. The molecule has 2 aromatic rings. The summed E-state index contributed by atoms with van der Waals surface area (Å²) >= 11 is 0. The molecule has 0 bridgehead atoms. The number of hydrogen-bond acceptors (Lipinski definition) is 6. The third-order valence-electron chi connectivity index (χ3n) is 7.19. The van der Waals surface area contributed by atoms with Gasteiger partial charge in [0.2, 0.25) is 5.91 Å². The lowest BCUT2D eigenvalue weighted by atomic mass is 9.95. The van der Waals surface area contributed by atoms with Crippen molar-refractivity contribution in [2.45, 2.75) is 151 Å². The highest BCUT2D eigenvalue weighted by molar-refractivity contribution is 5.94. The summed E-state index contributed by atoms with van der Waals surface area (Å²) in [7, 11) is 0. The molecule has 278 valence electrons. The summed E-state index contributed by atoms with van der Waals surface area (Å²) in [5.74, 6) is -0.500. The van der Waals surface area contributed by atoms with Gasteiger partial charge in [0.25, 0.3) is 5.91 Å². The van der Waals surface area contributed by atoms with E-state index in [-0.39, 0.29) is 48.4 Å². The molecule has 1 heterocycles. The molecule has 49 heavy (non-hydrogen) atoms. The maximum atomic E-state index is 12.2. The number of ether oxygens (including phenoxy) is 1. The number of aldehydes is 1. The first-order valence-electron chi connectivity index (χ1n) is 18.2. The molecule has 1 fully saturated rings. The quantitative estimate of drug-likeness (QED) is 0.104. The van der Waals surface area contributed by atoms with E-state index in [0.29, 0.717) is 12.4 Å². The van der Waals surface area contributed by atoms with Gasteiger partial charge in [-0.2, -0.15) is 5.10 Å². The van der Waals surface area contributed by atoms with Gasteiger partial charge in [-0.1, -0.05) is 108 Å².